The number of aryl methyl sites for hydroxylation is 2. The first-order chi connectivity index (χ1) is 10.7. The first kappa shape index (κ1) is 16.2. The zero-order valence-corrected chi connectivity index (χ0v) is 13.9. The van der Waals surface area contributed by atoms with Crippen LogP contribution in [0.4, 0.5) is 17.5 Å². The van der Waals surface area contributed by atoms with Gasteiger partial charge in [-0.2, -0.15) is 4.98 Å². The molecule has 0 aliphatic rings. The Balaban J connectivity index is 2.35. The van der Waals surface area contributed by atoms with Gasteiger partial charge in [0.1, 0.15) is 5.82 Å². The lowest BCUT2D eigenvalue weighted by atomic mass is 10.2. The first-order valence-corrected chi connectivity index (χ1v) is 7.98. The van der Waals surface area contributed by atoms with Crippen molar-refractivity contribution in [2.75, 3.05) is 23.3 Å². The summed E-state index contributed by atoms with van der Waals surface area (Å²) < 4.78 is 0. The third-order valence-corrected chi connectivity index (χ3v) is 3.64. The fourth-order valence-corrected chi connectivity index (χ4v) is 2.35. The monoisotopic (exact) mass is 299 g/mol. The summed E-state index contributed by atoms with van der Waals surface area (Å²) in [7, 11) is 0. The summed E-state index contributed by atoms with van der Waals surface area (Å²) in [6.45, 7) is 10.4. The summed E-state index contributed by atoms with van der Waals surface area (Å²) in [4.78, 5) is 15.7. The Morgan fingerprint density at radius 1 is 1.14 bits per heavy atom. The second-order valence-corrected chi connectivity index (χ2v) is 5.28. The minimum atomic E-state index is 0.643. The Morgan fingerprint density at radius 3 is 2.55 bits per heavy atom. The summed E-state index contributed by atoms with van der Waals surface area (Å²) in [5.41, 5.74) is 3.15. The van der Waals surface area contributed by atoms with Gasteiger partial charge < -0.3 is 10.2 Å². The fraction of sp³-hybridized carbons (Fsp3) is 0.471. The molecular formula is C17H25N5. The van der Waals surface area contributed by atoms with Gasteiger partial charge in [-0.1, -0.05) is 13.3 Å². The van der Waals surface area contributed by atoms with Gasteiger partial charge in [0.05, 0.1) is 11.9 Å². The van der Waals surface area contributed by atoms with Crippen LogP contribution in [0.5, 0.6) is 0 Å². The highest BCUT2D eigenvalue weighted by Gasteiger charge is 2.10. The van der Waals surface area contributed by atoms with E-state index in [1.54, 1.807) is 6.20 Å². The number of hydrogen-bond acceptors (Lipinski definition) is 5. The molecule has 0 amide bonds. The summed E-state index contributed by atoms with van der Waals surface area (Å²) in [6, 6.07) is 4.07. The molecule has 0 saturated heterocycles. The average Bonchev–Trinajstić information content (AvgIpc) is 2.51. The van der Waals surface area contributed by atoms with Gasteiger partial charge >= 0.3 is 0 Å². The van der Waals surface area contributed by atoms with E-state index in [2.05, 4.69) is 52.0 Å². The van der Waals surface area contributed by atoms with E-state index in [1.807, 2.05) is 19.2 Å². The lowest BCUT2D eigenvalue weighted by molar-refractivity contribution is 0.824. The van der Waals surface area contributed by atoms with E-state index < -0.39 is 0 Å². The predicted molar refractivity (Wildman–Crippen MR) is 91.8 cm³/mol. The molecule has 0 radical (unpaired) electrons. The van der Waals surface area contributed by atoms with E-state index in [9.17, 15) is 0 Å². The van der Waals surface area contributed by atoms with Crippen molar-refractivity contribution in [3.8, 4) is 0 Å². The molecule has 1 N–H and O–H groups in total. The van der Waals surface area contributed by atoms with Gasteiger partial charge in [0.2, 0.25) is 5.95 Å². The van der Waals surface area contributed by atoms with Crippen LogP contribution in [0.25, 0.3) is 0 Å². The highest BCUT2D eigenvalue weighted by atomic mass is 15.2. The zero-order chi connectivity index (χ0) is 15.9. The number of nitrogens with one attached hydrogen (secondary N) is 1. The zero-order valence-electron chi connectivity index (χ0n) is 13.9. The molecule has 0 fully saturated rings. The quantitative estimate of drug-likeness (QED) is 0.844. The Labute approximate surface area is 132 Å². The maximum absolute atomic E-state index is 4.67. The third kappa shape index (κ3) is 3.93. The molecule has 5 heteroatoms. The van der Waals surface area contributed by atoms with Crippen molar-refractivity contribution in [2.45, 2.75) is 40.5 Å². The molecule has 0 aliphatic carbocycles. The van der Waals surface area contributed by atoms with E-state index in [4.69, 9.17) is 0 Å². The normalized spacial score (nSPS) is 10.5. The molecule has 2 rings (SSSR count). The minimum Gasteiger partial charge on any atom is -0.357 e. The van der Waals surface area contributed by atoms with Gasteiger partial charge in [-0.15, -0.1) is 0 Å². The van der Waals surface area contributed by atoms with Gasteiger partial charge in [0, 0.05) is 31.0 Å². The third-order valence-electron chi connectivity index (χ3n) is 3.64. The van der Waals surface area contributed by atoms with Crippen LogP contribution in [0, 0.1) is 6.92 Å². The Bertz CT molecular complexity index is 608. The van der Waals surface area contributed by atoms with Crippen LogP contribution in [0.3, 0.4) is 0 Å². The van der Waals surface area contributed by atoms with Gasteiger partial charge in [-0.05, 0) is 38.8 Å². The van der Waals surface area contributed by atoms with Crippen molar-refractivity contribution >= 4 is 17.5 Å². The lowest BCUT2D eigenvalue weighted by Crippen LogP contribution is -2.23. The van der Waals surface area contributed by atoms with Crippen LogP contribution in [-0.2, 0) is 6.42 Å². The number of hydrogen-bond donors (Lipinski definition) is 1. The fourth-order valence-electron chi connectivity index (χ4n) is 2.35. The summed E-state index contributed by atoms with van der Waals surface area (Å²) in [6.07, 6.45) is 5.62. The average molecular weight is 299 g/mol. The maximum atomic E-state index is 4.67. The number of rotatable bonds is 7. The van der Waals surface area contributed by atoms with E-state index in [1.165, 1.54) is 0 Å². The molecule has 2 heterocycles. The van der Waals surface area contributed by atoms with Gasteiger partial charge in [-0.25, -0.2) is 4.98 Å². The molecule has 118 valence electrons. The van der Waals surface area contributed by atoms with Crippen molar-refractivity contribution in [1.82, 2.24) is 15.0 Å². The van der Waals surface area contributed by atoms with E-state index in [0.717, 1.165) is 48.7 Å². The molecule has 22 heavy (non-hydrogen) atoms. The van der Waals surface area contributed by atoms with E-state index in [0.29, 0.717) is 5.95 Å². The molecule has 0 aliphatic heterocycles. The van der Waals surface area contributed by atoms with Crippen LogP contribution in [0.2, 0.25) is 0 Å². The van der Waals surface area contributed by atoms with Gasteiger partial charge in [0.25, 0.3) is 0 Å². The molecule has 0 spiro atoms. The second kappa shape index (κ2) is 7.73. The molecule has 5 nitrogen and oxygen atoms in total. The molecular weight excluding hydrogens is 274 g/mol. The Hall–Kier alpha value is -2.17. The largest absolute Gasteiger partial charge is 0.357 e. The molecule has 2 aromatic rings. The van der Waals surface area contributed by atoms with Crippen molar-refractivity contribution in [1.29, 1.82) is 0 Å². The van der Waals surface area contributed by atoms with Crippen LogP contribution in [-0.4, -0.2) is 28.0 Å². The standard InChI is InChI=1S/C17H25N5/c1-5-8-14-11-16(22(6-2)7-3)21-17(19-14)20-15-12-18-10-9-13(15)4/h9-12H,5-8H2,1-4H3,(H,19,20,21). The SMILES string of the molecule is CCCc1cc(N(CC)CC)nc(Nc2cnccc2C)n1. The van der Waals surface area contributed by atoms with Crippen LogP contribution in [0.1, 0.15) is 38.4 Å². The van der Waals surface area contributed by atoms with Crippen LogP contribution in [0.15, 0.2) is 24.5 Å². The van der Waals surface area contributed by atoms with Gasteiger partial charge in [-0.3, -0.25) is 4.98 Å². The summed E-state index contributed by atoms with van der Waals surface area (Å²) >= 11 is 0. The number of nitrogens with zero attached hydrogens (tertiary/aromatic N) is 4. The lowest BCUT2D eigenvalue weighted by Gasteiger charge is -2.21. The number of anilines is 3. The van der Waals surface area contributed by atoms with Crippen molar-refractivity contribution in [3.63, 3.8) is 0 Å². The molecule has 2 aromatic heterocycles. The molecule has 0 aromatic carbocycles. The first-order valence-electron chi connectivity index (χ1n) is 7.98. The summed E-state index contributed by atoms with van der Waals surface area (Å²) in [5, 5.41) is 3.30. The minimum absolute atomic E-state index is 0.643. The van der Waals surface area contributed by atoms with E-state index in [-0.39, 0.29) is 0 Å². The van der Waals surface area contributed by atoms with Crippen molar-refractivity contribution in [2.24, 2.45) is 0 Å². The highest BCUT2D eigenvalue weighted by molar-refractivity contribution is 5.58. The predicted octanol–water partition coefficient (Wildman–Crippen LogP) is 3.72. The number of pyridine rings is 1. The molecule has 0 atom stereocenters. The topological polar surface area (TPSA) is 53.9 Å². The Morgan fingerprint density at radius 2 is 1.91 bits per heavy atom. The molecule has 0 bridgehead atoms. The van der Waals surface area contributed by atoms with Crippen LogP contribution < -0.4 is 10.2 Å². The van der Waals surface area contributed by atoms with E-state index >= 15 is 0 Å². The van der Waals surface area contributed by atoms with Gasteiger partial charge in [0.15, 0.2) is 0 Å². The van der Waals surface area contributed by atoms with Crippen molar-refractivity contribution in [3.05, 3.63) is 35.8 Å². The van der Waals surface area contributed by atoms with Crippen molar-refractivity contribution < 1.29 is 0 Å². The second-order valence-electron chi connectivity index (χ2n) is 5.28. The maximum Gasteiger partial charge on any atom is 0.229 e. The molecule has 0 saturated carbocycles. The Kier molecular flexibility index (Phi) is 5.69. The highest BCUT2D eigenvalue weighted by Crippen LogP contribution is 2.20. The smallest absolute Gasteiger partial charge is 0.229 e. The number of aromatic nitrogens is 3. The summed E-state index contributed by atoms with van der Waals surface area (Å²) in [5.74, 6) is 1.62. The molecule has 0 unspecified atom stereocenters. The van der Waals surface area contributed by atoms with Crippen LogP contribution >= 0.6 is 0 Å².